The topological polar surface area (TPSA) is 79.5 Å². The molecule has 0 bridgehead atoms. The Hall–Kier alpha value is -3.80. The van der Waals surface area contributed by atoms with E-state index in [1.54, 1.807) is 48.5 Å². The van der Waals surface area contributed by atoms with Crippen molar-refractivity contribution in [2.75, 3.05) is 5.32 Å². The normalized spacial score (nSPS) is 9.93. The molecule has 3 amide bonds. The first-order valence-electron chi connectivity index (χ1n) is 8.40. The van der Waals surface area contributed by atoms with Crippen LogP contribution in [0, 0.1) is 0 Å². The number of nitrogens with one attached hydrogen (secondary N) is 3. The van der Waals surface area contributed by atoms with Crippen molar-refractivity contribution in [2.24, 2.45) is 0 Å². The second-order valence-electron chi connectivity index (χ2n) is 5.67. The van der Waals surface area contributed by atoms with Gasteiger partial charge in [-0.25, -0.2) is 10.2 Å². The van der Waals surface area contributed by atoms with Crippen LogP contribution < -0.4 is 20.9 Å². The summed E-state index contributed by atoms with van der Waals surface area (Å²) in [5.74, 6) is -0.0361. The molecule has 0 aliphatic heterocycles. The molecule has 0 spiro atoms. The van der Waals surface area contributed by atoms with Crippen LogP contribution in [0.1, 0.15) is 15.9 Å². The fraction of sp³-hybridized carbons (Fsp3) is 0.0476. The number of urea groups is 1. The van der Waals surface area contributed by atoms with Gasteiger partial charge in [-0.05, 0) is 29.8 Å². The molecule has 6 heteroatoms. The summed E-state index contributed by atoms with van der Waals surface area (Å²) in [7, 11) is 0. The van der Waals surface area contributed by atoms with Gasteiger partial charge < -0.3 is 10.1 Å². The predicted octanol–water partition coefficient (Wildman–Crippen LogP) is 3.73. The lowest BCUT2D eigenvalue weighted by atomic mass is 10.2. The quantitative estimate of drug-likeness (QED) is 0.606. The first kappa shape index (κ1) is 18.0. The maximum atomic E-state index is 12.4. The summed E-state index contributed by atoms with van der Waals surface area (Å²) in [6, 6.07) is 24.9. The van der Waals surface area contributed by atoms with Gasteiger partial charge in [0.15, 0.2) is 0 Å². The summed E-state index contributed by atoms with van der Waals surface area (Å²) < 4.78 is 5.76. The summed E-state index contributed by atoms with van der Waals surface area (Å²) in [5.41, 5.74) is 6.64. The maximum absolute atomic E-state index is 12.4. The van der Waals surface area contributed by atoms with E-state index in [4.69, 9.17) is 4.74 Å². The van der Waals surface area contributed by atoms with Gasteiger partial charge in [-0.1, -0.05) is 60.7 Å². The van der Waals surface area contributed by atoms with E-state index in [2.05, 4.69) is 16.2 Å². The number of anilines is 1. The molecule has 6 nitrogen and oxygen atoms in total. The van der Waals surface area contributed by atoms with Crippen molar-refractivity contribution < 1.29 is 14.3 Å². The van der Waals surface area contributed by atoms with Gasteiger partial charge in [-0.15, -0.1) is 0 Å². The zero-order chi connectivity index (χ0) is 18.9. The molecule has 0 aromatic heterocycles. The number of ether oxygens (including phenoxy) is 1. The molecule has 0 unspecified atom stereocenters. The Morgan fingerprint density at radius 3 is 2.11 bits per heavy atom. The fourth-order valence-electron chi connectivity index (χ4n) is 2.38. The molecule has 0 aliphatic rings. The monoisotopic (exact) mass is 361 g/mol. The summed E-state index contributed by atoms with van der Waals surface area (Å²) in [6.07, 6.45) is 0. The molecule has 0 saturated carbocycles. The second kappa shape index (κ2) is 9.05. The van der Waals surface area contributed by atoms with Gasteiger partial charge in [0.2, 0.25) is 0 Å². The van der Waals surface area contributed by atoms with Crippen LogP contribution in [0.3, 0.4) is 0 Å². The Balaban J connectivity index is 1.57. The van der Waals surface area contributed by atoms with Crippen LogP contribution in [0.5, 0.6) is 5.75 Å². The molecular weight excluding hydrogens is 342 g/mol. The highest BCUT2D eigenvalue weighted by Gasteiger charge is 2.13. The van der Waals surface area contributed by atoms with Crippen LogP contribution in [0.15, 0.2) is 84.9 Å². The van der Waals surface area contributed by atoms with Crippen molar-refractivity contribution in [3.63, 3.8) is 0 Å². The highest BCUT2D eigenvalue weighted by Crippen LogP contribution is 2.19. The molecule has 27 heavy (non-hydrogen) atoms. The first-order chi connectivity index (χ1) is 13.2. The molecule has 3 N–H and O–H groups in total. The molecule has 3 aromatic rings. The maximum Gasteiger partial charge on any atom is 0.337 e. The van der Waals surface area contributed by atoms with Gasteiger partial charge in [0.25, 0.3) is 5.91 Å². The van der Waals surface area contributed by atoms with E-state index in [1.165, 1.54) is 0 Å². The molecule has 3 aromatic carbocycles. The van der Waals surface area contributed by atoms with E-state index in [9.17, 15) is 9.59 Å². The summed E-state index contributed by atoms with van der Waals surface area (Å²) >= 11 is 0. The third-order valence-electron chi connectivity index (χ3n) is 3.69. The van der Waals surface area contributed by atoms with Crippen LogP contribution in [-0.4, -0.2) is 11.9 Å². The van der Waals surface area contributed by atoms with Crippen molar-refractivity contribution in [1.82, 2.24) is 10.9 Å². The number of hydrogen-bond donors (Lipinski definition) is 3. The molecule has 0 saturated heterocycles. The number of hydrazine groups is 1. The summed E-state index contributed by atoms with van der Waals surface area (Å²) in [4.78, 5) is 24.3. The number of amides is 3. The largest absolute Gasteiger partial charge is 0.488 e. The molecule has 0 atom stereocenters. The van der Waals surface area contributed by atoms with Crippen LogP contribution in [0.4, 0.5) is 10.5 Å². The minimum atomic E-state index is -0.544. The molecule has 3 rings (SSSR count). The summed E-state index contributed by atoms with van der Waals surface area (Å²) in [6.45, 7) is 0.340. The number of rotatable bonds is 5. The van der Waals surface area contributed by atoms with Crippen molar-refractivity contribution in [1.29, 1.82) is 0 Å². The van der Waals surface area contributed by atoms with Crippen LogP contribution in [-0.2, 0) is 6.61 Å². The number of carbonyl (C=O) groups excluding carboxylic acids is 2. The Morgan fingerprint density at radius 2 is 1.37 bits per heavy atom. The zero-order valence-corrected chi connectivity index (χ0v) is 14.5. The first-order valence-corrected chi connectivity index (χ1v) is 8.40. The smallest absolute Gasteiger partial charge is 0.337 e. The van der Waals surface area contributed by atoms with Crippen molar-refractivity contribution in [3.8, 4) is 5.75 Å². The van der Waals surface area contributed by atoms with Crippen molar-refractivity contribution in [3.05, 3.63) is 96.1 Å². The predicted molar refractivity (Wildman–Crippen MR) is 103 cm³/mol. The van der Waals surface area contributed by atoms with E-state index in [0.717, 1.165) is 5.56 Å². The van der Waals surface area contributed by atoms with Gasteiger partial charge in [0, 0.05) is 5.69 Å². The van der Waals surface area contributed by atoms with Gasteiger partial charge >= 0.3 is 6.03 Å². The lowest BCUT2D eigenvalue weighted by Gasteiger charge is -2.13. The third kappa shape index (κ3) is 5.34. The number of carbonyl (C=O) groups is 2. The minimum absolute atomic E-state index is 0.327. The average Bonchev–Trinajstić information content (AvgIpc) is 2.72. The van der Waals surface area contributed by atoms with E-state index < -0.39 is 11.9 Å². The standard InChI is InChI=1S/C21H19N3O3/c25-20(23-24-21(26)22-17-11-5-2-6-12-17)18-13-7-8-14-19(18)27-15-16-9-3-1-4-10-16/h1-14H,15H2,(H,23,25)(H2,22,24,26). The Bertz CT molecular complexity index is 899. The molecule has 0 aliphatic carbocycles. The minimum Gasteiger partial charge on any atom is -0.488 e. The highest BCUT2D eigenvalue weighted by molar-refractivity contribution is 5.99. The SMILES string of the molecule is O=C(NNC(=O)c1ccccc1OCc1ccccc1)Nc1ccccc1. The van der Waals surface area contributed by atoms with Crippen molar-refractivity contribution >= 4 is 17.6 Å². The number of para-hydroxylation sites is 2. The molecular formula is C21H19N3O3. The Kier molecular flexibility index (Phi) is 6.04. The summed E-state index contributed by atoms with van der Waals surface area (Å²) in [5, 5.41) is 2.61. The van der Waals surface area contributed by atoms with Gasteiger partial charge in [0.1, 0.15) is 12.4 Å². The van der Waals surface area contributed by atoms with Gasteiger partial charge in [-0.2, -0.15) is 0 Å². The lowest BCUT2D eigenvalue weighted by Crippen LogP contribution is -2.44. The highest BCUT2D eigenvalue weighted by atomic mass is 16.5. The van der Waals surface area contributed by atoms with Gasteiger partial charge in [-0.3, -0.25) is 10.2 Å². The van der Waals surface area contributed by atoms with E-state index >= 15 is 0 Å². The second-order valence-corrected chi connectivity index (χ2v) is 5.67. The Morgan fingerprint density at radius 1 is 0.741 bits per heavy atom. The van der Waals surface area contributed by atoms with Crippen molar-refractivity contribution in [2.45, 2.75) is 6.61 Å². The van der Waals surface area contributed by atoms with E-state index in [-0.39, 0.29) is 0 Å². The number of hydrogen-bond acceptors (Lipinski definition) is 3. The molecule has 0 radical (unpaired) electrons. The van der Waals surface area contributed by atoms with E-state index in [1.807, 2.05) is 36.4 Å². The van der Waals surface area contributed by atoms with E-state index in [0.29, 0.717) is 23.6 Å². The number of benzene rings is 3. The van der Waals surface area contributed by atoms with Crippen LogP contribution in [0.2, 0.25) is 0 Å². The van der Waals surface area contributed by atoms with Crippen LogP contribution in [0.25, 0.3) is 0 Å². The molecule has 136 valence electrons. The molecule has 0 heterocycles. The fourth-order valence-corrected chi connectivity index (χ4v) is 2.38. The zero-order valence-electron chi connectivity index (χ0n) is 14.5. The molecule has 0 fully saturated rings. The third-order valence-corrected chi connectivity index (χ3v) is 3.69. The van der Waals surface area contributed by atoms with Crippen LogP contribution >= 0.6 is 0 Å². The lowest BCUT2D eigenvalue weighted by molar-refractivity contribution is 0.0933. The van der Waals surface area contributed by atoms with Gasteiger partial charge in [0.05, 0.1) is 5.56 Å². The average molecular weight is 361 g/mol. The Labute approximate surface area is 157 Å².